The number of epoxide rings is 1. The van der Waals surface area contributed by atoms with Crippen LogP contribution in [0.2, 0.25) is 0 Å². The maximum absolute atomic E-state index is 13.1. The van der Waals surface area contributed by atoms with Crippen molar-refractivity contribution >= 4 is 29.5 Å². The summed E-state index contributed by atoms with van der Waals surface area (Å²) in [5, 5.41) is 8.57. The molecule has 3 saturated heterocycles. The first-order chi connectivity index (χ1) is 22.0. The van der Waals surface area contributed by atoms with Gasteiger partial charge < -0.3 is 34.9 Å². The van der Waals surface area contributed by atoms with Crippen molar-refractivity contribution in [2.75, 3.05) is 13.2 Å². The summed E-state index contributed by atoms with van der Waals surface area (Å²) in [6.07, 6.45) is 8.47. The lowest BCUT2D eigenvalue weighted by Crippen LogP contribution is -2.55. The number of rotatable bonds is 14. The second-order valence-electron chi connectivity index (χ2n) is 13.6. The molecule has 1 spiro atoms. The highest BCUT2D eigenvalue weighted by Crippen LogP contribution is 2.42. The van der Waals surface area contributed by atoms with E-state index in [0.29, 0.717) is 26.0 Å². The van der Waals surface area contributed by atoms with Gasteiger partial charge in [-0.15, -0.1) is 0 Å². The van der Waals surface area contributed by atoms with E-state index in [-0.39, 0.29) is 66.3 Å². The molecular formula is C35H53N3O9. The molecule has 3 N–H and O–H groups in total. The second kappa shape index (κ2) is 16.5. The van der Waals surface area contributed by atoms with E-state index in [4.69, 9.17) is 18.9 Å². The molecule has 0 aromatic rings. The smallest absolute Gasteiger partial charge is 0.303 e. The molecule has 3 aliphatic rings. The number of allylic oxidation sites excluding steroid dienone is 2. The average molecular weight is 660 g/mol. The van der Waals surface area contributed by atoms with Crippen LogP contribution in [0.3, 0.4) is 0 Å². The number of ether oxygens (including phenoxy) is 4. The average Bonchev–Trinajstić information content (AvgIpc) is 3.75. The Morgan fingerprint density at radius 1 is 1.17 bits per heavy atom. The standard InChI is InChI=1S/C35H53N3O9/c1-9-16-36-33(43)34(7,8)38-31(41)18-26-19-35(20-44-35)32(42)29(47-26)14-11-21(2)10-13-28-22(3)17-27(24(5)46-28)37-30(40)15-12-23(4)45-25(6)39/h10,12,14-15,22-24,26-28H,9,11,13,16-20H2,1-8H3,(H,36,43)(H,37,40)(H,38,41)/b15-12?,21-10?,29-14+. The number of ketones is 1. The highest BCUT2D eigenvalue weighted by molar-refractivity contribution is 6.03. The normalized spacial score (nSPS) is 29.3. The first kappa shape index (κ1) is 37.9. The molecule has 7 atom stereocenters. The van der Waals surface area contributed by atoms with Gasteiger partial charge in [0.2, 0.25) is 23.5 Å². The Kier molecular flexibility index (Phi) is 13.4. The van der Waals surface area contributed by atoms with Crippen LogP contribution in [0.1, 0.15) is 93.9 Å². The zero-order valence-corrected chi connectivity index (χ0v) is 29.1. The number of carbonyl (C=O) groups excluding carboxylic acids is 5. The van der Waals surface area contributed by atoms with Gasteiger partial charge in [0.1, 0.15) is 17.7 Å². The van der Waals surface area contributed by atoms with Gasteiger partial charge in [0, 0.05) is 26.0 Å². The number of carbonyl (C=O) groups is 5. The number of Topliss-reactive ketones (excluding diaryl/α,β-unsaturated/α-hetero) is 1. The highest BCUT2D eigenvalue weighted by atomic mass is 16.6. The largest absolute Gasteiger partial charge is 0.486 e. The lowest BCUT2D eigenvalue weighted by atomic mass is 9.88. The van der Waals surface area contributed by atoms with Gasteiger partial charge in [-0.2, -0.15) is 0 Å². The predicted octanol–water partition coefficient (Wildman–Crippen LogP) is 3.34. The molecule has 3 aliphatic heterocycles. The van der Waals surface area contributed by atoms with Gasteiger partial charge in [0.05, 0.1) is 31.3 Å². The van der Waals surface area contributed by atoms with Crippen molar-refractivity contribution in [1.82, 2.24) is 16.0 Å². The van der Waals surface area contributed by atoms with Crippen LogP contribution >= 0.6 is 0 Å². The van der Waals surface area contributed by atoms with E-state index < -0.39 is 29.3 Å². The zero-order valence-electron chi connectivity index (χ0n) is 29.1. The topological polar surface area (TPSA) is 162 Å². The lowest BCUT2D eigenvalue weighted by Gasteiger charge is -2.39. The fraction of sp³-hybridized carbons (Fsp3) is 0.686. The van der Waals surface area contributed by atoms with Crippen LogP contribution in [0.5, 0.6) is 0 Å². The fourth-order valence-electron chi connectivity index (χ4n) is 5.80. The van der Waals surface area contributed by atoms with Crippen molar-refractivity contribution in [3.63, 3.8) is 0 Å². The molecule has 3 rings (SSSR count). The number of esters is 1. The summed E-state index contributed by atoms with van der Waals surface area (Å²) in [6.45, 7) is 15.1. The maximum atomic E-state index is 13.1. The minimum Gasteiger partial charge on any atom is -0.486 e. The third-order valence-corrected chi connectivity index (χ3v) is 8.67. The van der Waals surface area contributed by atoms with Crippen LogP contribution in [0.25, 0.3) is 0 Å². The Balaban J connectivity index is 1.52. The van der Waals surface area contributed by atoms with Crippen LogP contribution in [-0.2, 0) is 42.9 Å². The summed E-state index contributed by atoms with van der Waals surface area (Å²) in [4.78, 5) is 61.9. The first-order valence-corrected chi connectivity index (χ1v) is 16.7. The summed E-state index contributed by atoms with van der Waals surface area (Å²) in [7, 11) is 0. The molecule has 0 bridgehead atoms. The van der Waals surface area contributed by atoms with Gasteiger partial charge in [-0.25, -0.2) is 0 Å². The maximum Gasteiger partial charge on any atom is 0.303 e. The van der Waals surface area contributed by atoms with Crippen LogP contribution in [0, 0.1) is 5.92 Å². The van der Waals surface area contributed by atoms with E-state index >= 15 is 0 Å². The van der Waals surface area contributed by atoms with Crippen LogP contribution in [0.15, 0.2) is 35.6 Å². The number of hydrogen-bond donors (Lipinski definition) is 3. The molecule has 3 fully saturated rings. The Bertz CT molecular complexity index is 1270. The number of amides is 3. The van der Waals surface area contributed by atoms with Gasteiger partial charge in [0.25, 0.3) is 0 Å². The Labute approximate surface area is 278 Å². The lowest BCUT2D eigenvalue weighted by molar-refractivity contribution is -0.143. The van der Waals surface area contributed by atoms with Crippen molar-refractivity contribution in [1.29, 1.82) is 0 Å². The van der Waals surface area contributed by atoms with Crippen molar-refractivity contribution in [3.8, 4) is 0 Å². The summed E-state index contributed by atoms with van der Waals surface area (Å²) in [6, 6.07) is -0.150. The van der Waals surface area contributed by atoms with E-state index in [1.165, 1.54) is 13.0 Å². The molecule has 7 unspecified atom stereocenters. The monoisotopic (exact) mass is 659 g/mol. The Morgan fingerprint density at radius 2 is 1.87 bits per heavy atom. The molecule has 262 valence electrons. The fourth-order valence-corrected chi connectivity index (χ4v) is 5.80. The third-order valence-electron chi connectivity index (χ3n) is 8.67. The molecule has 0 saturated carbocycles. The first-order valence-electron chi connectivity index (χ1n) is 16.7. The molecular weight excluding hydrogens is 606 g/mol. The van der Waals surface area contributed by atoms with E-state index in [1.807, 2.05) is 20.8 Å². The minimum absolute atomic E-state index is 0.00469. The molecule has 0 aliphatic carbocycles. The quantitative estimate of drug-likeness (QED) is 0.110. The van der Waals surface area contributed by atoms with Crippen molar-refractivity contribution in [3.05, 3.63) is 35.6 Å². The molecule has 12 heteroatoms. The van der Waals surface area contributed by atoms with Gasteiger partial charge >= 0.3 is 5.97 Å². The van der Waals surface area contributed by atoms with Crippen LogP contribution in [-0.4, -0.2) is 84.2 Å². The molecule has 12 nitrogen and oxygen atoms in total. The van der Waals surface area contributed by atoms with E-state index in [2.05, 4.69) is 29.0 Å². The highest BCUT2D eigenvalue weighted by Gasteiger charge is 2.58. The third kappa shape index (κ3) is 11.3. The Morgan fingerprint density at radius 3 is 2.51 bits per heavy atom. The summed E-state index contributed by atoms with van der Waals surface area (Å²) in [5.74, 6) is -1.09. The van der Waals surface area contributed by atoms with E-state index in [1.54, 1.807) is 32.9 Å². The molecule has 0 aromatic carbocycles. The van der Waals surface area contributed by atoms with Crippen LogP contribution in [0.4, 0.5) is 0 Å². The SMILES string of the molecule is CCCNC(=O)C(C)(C)NC(=O)CC1CC2(CO2)C(=O)/C(=C\CC(C)=CCC2OC(C)C(NC(=O)C=CC(C)OC(C)=O)CC2C)O1. The molecule has 0 radical (unpaired) electrons. The van der Waals surface area contributed by atoms with Crippen molar-refractivity contribution in [2.24, 2.45) is 5.92 Å². The van der Waals surface area contributed by atoms with Gasteiger partial charge in [0.15, 0.2) is 11.4 Å². The molecule has 3 heterocycles. The Hall–Kier alpha value is -3.51. The number of nitrogens with one attached hydrogen (secondary N) is 3. The zero-order chi connectivity index (χ0) is 34.9. The summed E-state index contributed by atoms with van der Waals surface area (Å²) >= 11 is 0. The summed E-state index contributed by atoms with van der Waals surface area (Å²) < 4.78 is 22.9. The van der Waals surface area contributed by atoms with Gasteiger partial charge in [-0.3, -0.25) is 24.0 Å². The minimum atomic E-state index is -1.08. The van der Waals surface area contributed by atoms with Gasteiger partial charge in [-0.05, 0) is 78.4 Å². The van der Waals surface area contributed by atoms with E-state index in [0.717, 1.165) is 18.4 Å². The second-order valence-corrected chi connectivity index (χ2v) is 13.6. The van der Waals surface area contributed by atoms with E-state index in [9.17, 15) is 24.0 Å². The van der Waals surface area contributed by atoms with Gasteiger partial charge in [-0.1, -0.05) is 25.5 Å². The predicted molar refractivity (Wildman–Crippen MR) is 175 cm³/mol. The molecule has 0 aromatic heterocycles. The molecule has 3 amide bonds. The summed E-state index contributed by atoms with van der Waals surface area (Å²) in [5.41, 5.74) is -0.990. The molecule has 47 heavy (non-hydrogen) atoms. The van der Waals surface area contributed by atoms with Crippen molar-refractivity contribution in [2.45, 2.75) is 136 Å². The van der Waals surface area contributed by atoms with Crippen LogP contribution < -0.4 is 16.0 Å². The van der Waals surface area contributed by atoms with Crippen molar-refractivity contribution < 1.29 is 42.9 Å². The number of hydrogen-bond acceptors (Lipinski definition) is 9.